The van der Waals surface area contributed by atoms with Gasteiger partial charge in [0.15, 0.2) is 0 Å². The first-order chi connectivity index (χ1) is 16.7. The molecule has 0 N–H and O–H groups in total. The maximum Gasteiger partial charge on any atom is 0.128 e. The van der Waals surface area contributed by atoms with Gasteiger partial charge in [-0.1, -0.05) is 44.4 Å². The molecule has 2 saturated heterocycles. The minimum Gasteiger partial charge on any atom is -0.496 e. The largest absolute Gasteiger partial charge is 0.496 e. The van der Waals surface area contributed by atoms with Crippen LogP contribution in [0.2, 0.25) is 0 Å². The number of anilines is 2. The lowest BCUT2D eigenvalue weighted by Crippen LogP contribution is -2.24. The molecule has 4 nitrogen and oxygen atoms in total. The Balaban J connectivity index is 1.68. The van der Waals surface area contributed by atoms with E-state index in [2.05, 4.69) is 58.9 Å². The van der Waals surface area contributed by atoms with Crippen molar-refractivity contribution in [1.29, 1.82) is 0 Å². The maximum atomic E-state index is 5.91. The van der Waals surface area contributed by atoms with Crippen LogP contribution in [0.15, 0.2) is 55.1 Å². The Bertz CT molecular complexity index is 908. The topological polar surface area (TPSA) is 24.9 Å². The van der Waals surface area contributed by atoms with Crippen LogP contribution in [0.25, 0.3) is 5.57 Å². The first-order valence-electron chi connectivity index (χ1n) is 12.9. The summed E-state index contributed by atoms with van der Waals surface area (Å²) in [6.07, 6.45) is 14.2. The fourth-order valence-corrected chi connectivity index (χ4v) is 5.30. The normalized spacial score (nSPS) is 16.9. The van der Waals surface area contributed by atoms with Crippen LogP contribution in [0.1, 0.15) is 62.5 Å². The molecule has 0 saturated carbocycles. The van der Waals surface area contributed by atoms with Crippen LogP contribution >= 0.6 is 0 Å². The van der Waals surface area contributed by atoms with E-state index < -0.39 is 0 Å². The average Bonchev–Trinajstić information content (AvgIpc) is 3.33. The molecule has 0 atom stereocenters. The lowest BCUT2D eigenvalue weighted by molar-refractivity contribution is 0.411. The molecule has 0 bridgehead atoms. The molecular formula is C30H40N2O2. The Morgan fingerprint density at radius 3 is 1.44 bits per heavy atom. The van der Waals surface area contributed by atoms with Crippen LogP contribution in [0.5, 0.6) is 11.5 Å². The van der Waals surface area contributed by atoms with Crippen LogP contribution in [0, 0.1) is 0 Å². The molecule has 4 rings (SSSR count). The lowest BCUT2D eigenvalue weighted by Gasteiger charge is -2.25. The molecule has 2 aliphatic rings. The van der Waals surface area contributed by atoms with Crippen molar-refractivity contribution in [3.05, 3.63) is 66.3 Å². The Labute approximate surface area is 205 Å². The highest BCUT2D eigenvalue weighted by Gasteiger charge is 2.19. The van der Waals surface area contributed by atoms with Crippen molar-refractivity contribution in [1.82, 2.24) is 0 Å². The van der Waals surface area contributed by atoms with E-state index in [4.69, 9.17) is 9.47 Å². The second-order valence-electron chi connectivity index (χ2n) is 9.39. The molecule has 182 valence electrons. The standard InChI is InChI=1S/C30H40N2O2/c1-4-13-26(27-16-14-24(22-29(27)33-2)31-18-9-5-6-10-19-31)28-17-15-25(23-30(28)34-3)32-20-11-7-8-12-21-32/h4,13-17,22-23H,1,5-12,18-21H2,2-3H3. The van der Waals surface area contributed by atoms with Crippen molar-refractivity contribution in [2.24, 2.45) is 0 Å². The van der Waals surface area contributed by atoms with Crippen molar-refractivity contribution in [3.63, 3.8) is 0 Å². The van der Waals surface area contributed by atoms with Gasteiger partial charge in [-0.15, -0.1) is 0 Å². The predicted molar refractivity (Wildman–Crippen MR) is 145 cm³/mol. The zero-order valence-electron chi connectivity index (χ0n) is 21.0. The Kier molecular flexibility index (Phi) is 8.56. The smallest absolute Gasteiger partial charge is 0.128 e. The number of methoxy groups -OCH3 is 2. The Morgan fingerprint density at radius 1 is 0.676 bits per heavy atom. The third-order valence-electron chi connectivity index (χ3n) is 7.18. The summed E-state index contributed by atoms with van der Waals surface area (Å²) < 4.78 is 11.8. The molecule has 2 fully saturated rings. The molecule has 0 spiro atoms. The van der Waals surface area contributed by atoms with Crippen LogP contribution in [-0.2, 0) is 0 Å². The van der Waals surface area contributed by atoms with Gasteiger partial charge >= 0.3 is 0 Å². The molecule has 2 aromatic carbocycles. The summed E-state index contributed by atoms with van der Waals surface area (Å²) in [7, 11) is 3.52. The van der Waals surface area contributed by atoms with Gasteiger partial charge < -0.3 is 19.3 Å². The number of rotatable bonds is 7. The third kappa shape index (κ3) is 5.60. The van der Waals surface area contributed by atoms with E-state index in [0.717, 1.165) is 54.4 Å². The van der Waals surface area contributed by atoms with Gasteiger partial charge in [-0.3, -0.25) is 0 Å². The fraction of sp³-hybridized carbons (Fsp3) is 0.467. The van der Waals surface area contributed by atoms with Gasteiger partial charge in [0.05, 0.1) is 14.2 Å². The van der Waals surface area contributed by atoms with Crippen LogP contribution in [-0.4, -0.2) is 40.4 Å². The molecule has 0 radical (unpaired) electrons. The minimum absolute atomic E-state index is 0.883. The van der Waals surface area contributed by atoms with Crippen molar-refractivity contribution in [3.8, 4) is 11.5 Å². The minimum atomic E-state index is 0.883. The van der Waals surface area contributed by atoms with Crippen molar-refractivity contribution < 1.29 is 9.47 Å². The average molecular weight is 461 g/mol. The number of benzene rings is 2. The lowest BCUT2D eigenvalue weighted by atomic mass is 9.94. The fourth-order valence-electron chi connectivity index (χ4n) is 5.30. The summed E-state index contributed by atoms with van der Waals surface area (Å²) >= 11 is 0. The predicted octanol–water partition coefficient (Wildman–Crippen LogP) is 7.08. The summed E-state index contributed by atoms with van der Waals surface area (Å²) in [5.74, 6) is 1.77. The zero-order valence-corrected chi connectivity index (χ0v) is 21.0. The number of hydrogen-bond donors (Lipinski definition) is 0. The molecule has 0 unspecified atom stereocenters. The van der Waals surface area contributed by atoms with E-state index in [-0.39, 0.29) is 0 Å². The van der Waals surface area contributed by atoms with Crippen LogP contribution < -0.4 is 19.3 Å². The Morgan fingerprint density at radius 2 is 1.09 bits per heavy atom. The first-order valence-corrected chi connectivity index (χ1v) is 12.9. The van der Waals surface area contributed by atoms with Gasteiger partial charge in [-0.05, 0) is 55.5 Å². The highest BCUT2D eigenvalue weighted by molar-refractivity contribution is 5.87. The Hall–Kier alpha value is -2.88. The molecule has 2 aliphatic heterocycles. The molecular weight excluding hydrogens is 420 g/mol. The molecule has 2 heterocycles. The third-order valence-corrected chi connectivity index (χ3v) is 7.18. The van der Waals surface area contributed by atoms with Gasteiger partial charge in [0, 0.05) is 60.8 Å². The summed E-state index contributed by atoms with van der Waals surface area (Å²) in [5.41, 5.74) is 5.66. The van der Waals surface area contributed by atoms with Crippen molar-refractivity contribution in [2.75, 3.05) is 50.2 Å². The van der Waals surface area contributed by atoms with E-state index in [9.17, 15) is 0 Å². The summed E-state index contributed by atoms with van der Waals surface area (Å²) in [5, 5.41) is 0. The van der Waals surface area contributed by atoms with E-state index in [1.807, 2.05) is 6.08 Å². The van der Waals surface area contributed by atoms with Gasteiger partial charge in [-0.25, -0.2) is 0 Å². The number of hydrogen-bond acceptors (Lipinski definition) is 4. The quantitative estimate of drug-likeness (QED) is 0.412. The molecule has 0 aliphatic carbocycles. The summed E-state index contributed by atoms with van der Waals surface area (Å²) in [6.45, 7) is 8.45. The van der Waals surface area contributed by atoms with E-state index in [0.29, 0.717) is 0 Å². The van der Waals surface area contributed by atoms with E-state index in [1.165, 1.54) is 62.7 Å². The van der Waals surface area contributed by atoms with Crippen LogP contribution in [0.3, 0.4) is 0 Å². The van der Waals surface area contributed by atoms with E-state index in [1.54, 1.807) is 14.2 Å². The van der Waals surface area contributed by atoms with Gasteiger partial charge in [0.2, 0.25) is 0 Å². The molecule has 2 aromatic rings. The SMILES string of the molecule is C=CC=C(c1ccc(N2CCCCCC2)cc1OC)c1ccc(N2CCCCCC2)cc1OC. The number of ether oxygens (including phenoxy) is 2. The van der Waals surface area contributed by atoms with Crippen molar-refractivity contribution >= 4 is 16.9 Å². The summed E-state index contributed by atoms with van der Waals surface area (Å²) in [4.78, 5) is 4.99. The zero-order chi connectivity index (χ0) is 23.8. The maximum absolute atomic E-state index is 5.91. The van der Waals surface area contributed by atoms with Gasteiger partial charge in [-0.2, -0.15) is 0 Å². The molecule has 0 amide bonds. The monoisotopic (exact) mass is 460 g/mol. The van der Waals surface area contributed by atoms with Gasteiger partial charge in [0.1, 0.15) is 11.5 Å². The molecule has 0 aromatic heterocycles. The number of nitrogens with zero attached hydrogens (tertiary/aromatic N) is 2. The van der Waals surface area contributed by atoms with Crippen molar-refractivity contribution in [2.45, 2.75) is 51.4 Å². The highest BCUT2D eigenvalue weighted by atomic mass is 16.5. The van der Waals surface area contributed by atoms with Crippen LogP contribution in [0.4, 0.5) is 11.4 Å². The first kappa shape index (κ1) is 24.3. The van der Waals surface area contributed by atoms with Gasteiger partial charge in [0.25, 0.3) is 0 Å². The highest BCUT2D eigenvalue weighted by Crippen LogP contribution is 2.39. The second-order valence-corrected chi connectivity index (χ2v) is 9.39. The van der Waals surface area contributed by atoms with E-state index >= 15 is 0 Å². The summed E-state index contributed by atoms with van der Waals surface area (Å²) in [6, 6.07) is 13.2. The second kappa shape index (κ2) is 12.0. The molecule has 4 heteroatoms. The number of allylic oxidation sites excluding steroid dienone is 2. The molecule has 34 heavy (non-hydrogen) atoms.